The molecule has 1 aromatic heterocycles. The summed E-state index contributed by atoms with van der Waals surface area (Å²) >= 11 is 1.80. The van der Waals surface area contributed by atoms with Crippen LogP contribution in [0, 0.1) is 10.2 Å². The molecule has 3 aromatic rings. The van der Waals surface area contributed by atoms with Crippen LogP contribution < -0.4 is 28.1 Å². The van der Waals surface area contributed by atoms with Gasteiger partial charge in [-0.25, -0.2) is 18.6 Å². The van der Waals surface area contributed by atoms with Crippen molar-refractivity contribution in [2.24, 2.45) is 0 Å². The molecular weight excluding hydrogens is 404 g/mol. The largest absolute Gasteiger partial charge is 0.480 e. The third-order valence-corrected chi connectivity index (χ3v) is 5.28. The van der Waals surface area contributed by atoms with Gasteiger partial charge in [0.15, 0.2) is 6.54 Å². The van der Waals surface area contributed by atoms with Crippen molar-refractivity contribution >= 4 is 39.1 Å². The van der Waals surface area contributed by atoms with Gasteiger partial charge in [0.2, 0.25) is 11.3 Å². The maximum absolute atomic E-state index is 8.49. The molecule has 2 aromatic carbocycles. The summed E-state index contributed by atoms with van der Waals surface area (Å²) in [6.07, 6.45) is 2.14. The van der Waals surface area contributed by atoms with Crippen LogP contribution in [-0.2, 0) is 11.3 Å². The lowest BCUT2D eigenvalue weighted by molar-refractivity contribution is -2.00. The molecule has 0 atom stereocenters. The molecule has 4 rings (SSSR count). The Bertz CT molecular complexity index is 974. The summed E-state index contributed by atoms with van der Waals surface area (Å²) in [4.78, 5) is 2.11. The molecule has 148 valence electrons. The molecular formula is C19H19ClN2O5S. The summed E-state index contributed by atoms with van der Waals surface area (Å²) in [7, 11) is -0.838. The molecule has 0 radical (unpaired) electrons. The van der Waals surface area contributed by atoms with Gasteiger partial charge in [-0.2, -0.15) is 4.57 Å². The van der Waals surface area contributed by atoms with E-state index in [9.17, 15) is 0 Å². The summed E-state index contributed by atoms with van der Waals surface area (Å²) in [6.45, 7) is 1.64. The van der Waals surface area contributed by atoms with Crippen molar-refractivity contribution in [1.82, 2.24) is 0 Å². The van der Waals surface area contributed by atoms with Gasteiger partial charge in [-0.3, -0.25) is 0 Å². The van der Waals surface area contributed by atoms with Gasteiger partial charge >= 0.3 is 5.01 Å². The highest BCUT2D eigenvalue weighted by molar-refractivity contribution is 7.19. The van der Waals surface area contributed by atoms with Crippen LogP contribution in [0.25, 0.3) is 22.1 Å². The first kappa shape index (κ1) is 20.5. The summed E-state index contributed by atoms with van der Waals surface area (Å²) in [6, 6.07) is 17.1. The molecule has 2 heterocycles. The van der Waals surface area contributed by atoms with Crippen molar-refractivity contribution in [3.05, 3.63) is 59.1 Å². The third kappa shape index (κ3) is 5.20. The fourth-order valence-electron chi connectivity index (χ4n) is 2.87. The molecule has 0 saturated carbocycles. The number of ether oxygens (including phenoxy) is 1. The van der Waals surface area contributed by atoms with Crippen LogP contribution in [0.1, 0.15) is 10.6 Å². The van der Waals surface area contributed by atoms with E-state index in [1.807, 2.05) is 0 Å². The average Bonchev–Trinajstić information content (AvgIpc) is 3.01. The van der Waals surface area contributed by atoms with Crippen LogP contribution in [0.4, 0.5) is 5.69 Å². The number of halogens is 1. The summed E-state index contributed by atoms with van der Waals surface area (Å²) in [5, 5.41) is 1.20. The van der Waals surface area contributed by atoms with Gasteiger partial charge in [-0.1, -0.05) is 35.6 Å². The van der Waals surface area contributed by atoms with Crippen molar-refractivity contribution in [3.8, 4) is 0 Å². The van der Waals surface area contributed by atoms with Crippen molar-refractivity contribution in [1.29, 1.82) is 0 Å². The number of benzene rings is 2. The van der Waals surface area contributed by atoms with E-state index in [1.165, 1.54) is 20.9 Å². The first-order chi connectivity index (χ1) is 13.2. The van der Waals surface area contributed by atoms with Crippen LogP contribution in [-0.4, -0.2) is 20.7 Å². The van der Waals surface area contributed by atoms with Crippen LogP contribution >= 0.6 is 11.3 Å². The second-order valence-electron chi connectivity index (χ2n) is 6.25. The number of thiazole rings is 1. The SMILES string of the molecule is CN(C)c1ccc(/C=C2\OCC[n+]3c2sc2ccccc23)cc1.[O-][Cl+3]([O-])([O-])[O-]. The Labute approximate surface area is 168 Å². The Morgan fingerprint density at radius 2 is 1.68 bits per heavy atom. The Kier molecular flexibility index (Phi) is 6.19. The fraction of sp³-hybridized carbons (Fsp3) is 0.211. The van der Waals surface area contributed by atoms with Crippen molar-refractivity contribution in [3.63, 3.8) is 0 Å². The zero-order chi connectivity index (χ0) is 20.3. The standard InChI is InChI=1S/C19H19N2OS.ClHO4/c1-20(2)15-9-7-14(8-10-15)13-17-19-21(11-12-22-17)16-5-3-4-6-18(16)23-19;2-1(3,4)5/h3-10,13H,11-12H2,1-2H3;(H,2,3,4,5)/q+1;/p-1. The number of anilines is 1. The smallest absolute Gasteiger partial charge is 0.305 e. The van der Waals surface area contributed by atoms with Crippen molar-refractivity contribution in [2.45, 2.75) is 6.54 Å². The lowest BCUT2D eigenvalue weighted by atomic mass is 10.1. The molecule has 0 aliphatic carbocycles. The Morgan fingerprint density at radius 3 is 2.32 bits per heavy atom. The molecule has 0 spiro atoms. The zero-order valence-electron chi connectivity index (χ0n) is 15.3. The lowest BCUT2D eigenvalue weighted by Gasteiger charge is -2.17. The molecule has 9 heteroatoms. The Balaban J connectivity index is 0.000000403. The minimum absolute atomic E-state index is 0.722. The second kappa shape index (κ2) is 8.44. The van der Waals surface area contributed by atoms with Gasteiger partial charge in [0.25, 0.3) is 0 Å². The molecule has 0 unspecified atom stereocenters. The number of nitrogens with zero attached hydrogens (tertiary/aromatic N) is 2. The van der Waals surface area contributed by atoms with Crippen LogP contribution in [0.15, 0.2) is 48.5 Å². The van der Waals surface area contributed by atoms with Gasteiger partial charge in [0, 0.05) is 25.8 Å². The first-order valence-electron chi connectivity index (χ1n) is 8.38. The fourth-order valence-corrected chi connectivity index (χ4v) is 4.03. The molecule has 0 amide bonds. The van der Waals surface area contributed by atoms with Gasteiger partial charge in [0.1, 0.15) is 11.3 Å². The van der Waals surface area contributed by atoms with Crippen LogP contribution in [0.5, 0.6) is 0 Å². The molecule has 1 aliphatic rings. The topological polar surface area (TPSA) is 109 Å². The normalized spacial score (nSPS) is 14.9. The van der Waals surface area contributed by atoms with E-state index in [2.05, 4.69) is 78.2 Å². The maximum atomic E-state index is 8.49. The molecule has 0 bridgehead atoms. The summed E-state index contributed by atoms with van der Waals surface area (Å²) < 4.78 is 43.6. The van der Waals surface area contributed by atoms with Gasteiger partial charge in [0.05, 0.1) is 0 Å². The first-order valence-corrected chi connectivity index (χ1v) is 10.4. The molecule has 7 nitrogen and oxygen atoms in total. The van der Waals surface area contributed by atoms with E-state index in [0.717, 1.165) is 24.5 Å². The number of fused-ring (bicyclic) bond motifs is 3. The molecule has 28 heavy (non-hydrogen) atoms. The van der Waals surface area contributed by atoms with Gasteiger partial charge in [-0.15, -0.1) is 10.2 Å². The van der Waals surface area contributed by atoms with Crippen LogP contribution in [0.3, 0.4) is 0 Å². The summed E-state index contributed by atoms with van der Waals surface area (Å²) in [5.41, 5.74) is 3.66. The van der Waals surface area contributed by atoms with E-state index in [1.54, 1.807) is 11.3 Å². The predicted octanol–water partition coefficient (Wildman–Crippen LogP) is -0.973. The quantitative estimate of drug-likeness (QED) is 0.491. The van der Waals surface area contributed by atoms with E-state index in [-0.39, 0.29) is 0 Å². The van der Waals surface area contributed by atoms with Gasteiger partial charge < -0.3 is 9.64 Å². The van der Waals surface area contributed by atoms with Gasteiger partial charge in [-0.05, 0) is 29.8 Å². The number of para-hydroxylation sites is 1. The Hall–Kier alpha value is -2.20. The van der Waals surface area contributed by atoms with E-state index in [4.69, 9.17) is 23.4 Å². The van der Waals surface area contributed by atoms with E-state index >= 15 is 0 Å². The summed E-state index contributed by atoms with van der Waals surface area (Å²) in [5.74, 6) is 0.968. The number of hydrogen-bond acceptors (Lipinski definition) is 7. The minimum atomic E-state index is -4.94. The van der Waals surface area contributed by atoms with Crippen LogP contribution in [0.2, 0.25) is 0 Å². The minimum Gasteiger partial charge on any atom is -0.480 e. The number of hydrogen-bond donors (Lipinski definition) is 0. The highest BCUT2D eigenvalue weighted by Crippen LogP contribution is 2.30. The zero-order valence-corrected chi connectivity index (χ0v) is 16.9. The van der Waals surface area contributed by atoms with Crippen molar-refractivity contribution < 1.29 is 38.2 Å². The molecule has 0 N–H and O–H groups in total. The monoisotopic (exact) mass is 422 g/mol. The highest BCUT2D eigenvalue weighted by atomic mass is 35.7. The molecule has 0 saturated heterocycles. The lowest BCUT2D eigenvalue weighted by Crippen LogP contribution is -2.68. The molecule has 0 fully saturated rings. The second-order valence-corrected chi connectivity index (χ2v) is 8.03. The highest BCUT2D eigenvalue weighted by Gasteiger charge is 2.28. The maximum Gasteiger partial charge on any atom is 0.305 e. The third-order valence-electron chi connectivity index (χ3n) is 4.10. The predicted molar refractivity (Wildman–Crippen MR) is 96.6 cm³/mol. The number of aromatic nitrogens is 1. The van der Waals surface area contributed by atoms with Crippen molar-refractivity contribution in [2.75, 3.05) is 25.6 Å². The van der Waals surface area contributed by atoms with E-state index in [0.29, 0.717) is 0 Å². The average molecular weight is 423 g/mol. The number of rotatable bonds is 2. The van der Waals surface area contributed by atoms with E-state index < -0.39 is 10.2 Å². The molecule has 1 aliphatic heterocycles. The Morgan fingerprint density at radius 1 is 1.04 bits per heavy atom.